The Morgan fingerprint density at radius 3 is 1.89 bits per heavy atom. The normalized spacial score (nSPS) is 11.8. The maximum Gasteiger partial charge on any atom is 0.159 e. The van der Waals surface area contributed by atoms with E-state index in [0.29, 0.717) is 0 Å². The van der Waals surface area contributed by atoms with E-state index in [9.17, 15) is 0 Å². The fourth-order valence-electron chi connectivity index (χ4n) is 8.24. The van der Waals surface area contributed by atoms with E-state index in [-0.39, 0.29) is 0 Å². The molecule has 3 nitrogen and oxygen atoms in total. The fraction of sp³-hybridized carbons (Fsp3) is 0. The molecule has 9 aromatic carbocycles. The topological polar surface area (TPSA) is 29.5 Å². The van der Waals surface area contributed by atoms with Crippen LogP contribution in [0, 0.1) is 0 Å². The Hall–Kier alpha value is -7.10. The van der Waals surface area contributed by atoms with Gasteiger partial charge in [0.2, 0.25) is 0 Å². The minimum atomic E-state index is 0.845. The zero-order valence-electron chi connectivity index (χ0n) is 28.7. The third-order valence-corrected chi connectivity index (χ3v) is 10.6. The van der Waals surface area contributed by atoms with Crippen LogP contribution in [0.15, 0.2) is 197 Å². The first-order chi connectivity index (χ1) is 26.3. The Balaban J connectivity index is 1.19. The van der Waals surface area contributed by atoms with Crippen molar-refractivity contribution in [3.63, 3.8) is 0 Å². The summed E-state index contributed by atoms with van der Waals surface area (Å²) < 4.78 is 13.3. The van der Waals surface area contributed by atoms with Gasteiger partial charge in [0, 0.05) is 32.8 Å². The van der Waals surface area contributed by atoms with E-state index in [0.717, 1.165) is 83.0 Å². The van der Waals surface area contributed by atoms with E-state index in [4.69, 9.17) is 8.83 Å². The number of hydrogen-bond acceptors (Lipinski definition) is 3. The smallest absolute Gasteiger partial charge is 0.159 e. The highest BCUT2D eigenvalue weighted by molar-refractivity contribution is 6.17. The highest BCUT2D eigenvalue weighted by atomic mass is 16.3. The van der Waals surface area contributed by atoms with Gasteiger partial charge in [-0.2, -0.15) is 0 Å². The second kappa shape index (κ2) is 11.7. The second-order valence-corrected chi connectivity index (χ2v) is 13.7. The number of para-hydroxylation sites is 3. The van der Waals surface area contributed by atoms with E-state index in [2.05, 4.69) is 181 Å². The number of anilines is 3. The van der Waals surface area contributed by atoms with Crippen molar-refractivity contribution in [3.8, 4) is 22.3 Å². The van der Waals surface area contributed by atoms with Crippen LogP contribution >= 0.6 is 0 Å². The number of hydrogen-bond donors (Lipinski definition) is 0. The van der Waals surface area contributed by atoms with Gasteiger partial charge in [0.25, 0.3) is 0 Å². The molecule has 11 rings (SSSR count). The highest BCUT2D eigenvalue weighted by Crippen LogP contribution is 2.48. The summed E-state index contributed by atoms with van der Waals surface area (Å²) in [4.78, 5) is 2.37. The van der Waals surface area contributed by atoms with Gasteiger partial charge >= 0.3 is 0 Å². The highest BCUT2D eigenvalue weighted by Gasteiger charge is 2.24. The minimum Gasteiger partial charge on any atom is -0.456 e. The molecule has 0 atom stereocenters. The van der Waals surface area contributed by atoms with Crippen molar-refractivity contribution >= 4 is 82.5 Å². The second-order valence-electron chi connectivity index (χ2n) is 13.7. The number of furan rings is 2. The van der Waals surface area contributed by atoms with Gasteiger partial charge in [-0.15, -0.1) is 0 Å². The van der Waals surface area contributed by atoms with Crippen LogP contribution in [0.25, 0.3) is 87.7 Å². The molecule has 0 aliphatic rings. The van der Waals surface area contributed by atoms with E-state index >= 15 is 0 Å². The third kappa shape index (κ3) is 4.68. The zero-order chi connectivity index (χ0) is 34.9. The summed E-state index contributed by atoms with van der Waals surface area (Å²) in [6.45, 7) is 0. The van der Waals surface area contributed by atoms with Crippen LogP contribution in [0.2, 0.25) is 0 Å². The first-order valence-electron chi connectivity index (χ1n) is 18.0. The van der Waals surface area contributed by atoms with Gasteiger partial charge in [-0.1, -0.05) is 140 Å². The van der Waals surface area contributed by atoms with Crippen LogP contribution in [0.1, 0.15) is 0 Å². The van der Waals surface area contributed by atoms with Crippen molar-refractivity contribution in [1.29, 1.82) is 0 Å². The van der Waals surface area contributed by atoms with Gasteiger partial charge in [-0.05, 0) is 86.8 Å². The van der Waals surface area contributed by atoms with Gasteiger partial charge in [-0.3, -0.25) is 0 Å². The molecule has 0 saturated carbocycles. The quantitative estimate of drug-likeness (QED) is 0.182. The first-order valence-corrected chi connectivity index (χ1v) is 18.0. The Bertz CT molecular complexity index is 3200. The third-order valence-electron chi connectivity index (χ3n) is 10.6. The predicted octanol–water partition coefficient (Wildman–Crippen LogP) is 14.6. The van der Waals surface area contributed by atoms with Crippen molar-refractivity contribution in [2.45, 2.75) is 0 Å². The van der Waals surface area contributed by atoms with Crippen LogP contribution in [0.3, 0.4) is 0 Å². The van der Waals surface area contributed by atoms with Gasteiger partial charge in [0.15, 0.2) is 5.58 Å². The summed E-state index contributed by atoms with van der Waals surface area (Å²) in [5.41, 5.74) is 11.1. The summed E-state index contributed by atoms with van der Waals surface area (Å²) in [6, 6.07) is 66.8. The molecule has 0 aliphatic heterocycles. The largest absolute Gasteiger partial charge is 0.456 e. The van der Waals surface area contributed by atoms with E-state index in [1.54, 1.807) is 0 Å². The number of rotatable bonds is 5. The van der Waals surface area contributed by atoms with Crippen LogP contribution in [0.4, 0.5) is 17.1 Å². The molecule has 0 spiro atoms. The lowest BCUT2D eigenvalue weighted by molar-refractivity contribution is 0.669. The summed E-state index contributed by atoms with van der Waals surface area (Å²) in [5, 5.41) is 9.19. The molecule has 0 fully saturated rings. The van der Waals surface area contributed by atoms with Crippen molar-refractivity contribution in [3.05, 3.63) is 188 Å². The number of nitrogens with zero attached hydrogens (tertiary/aromatic N) is 1. The van der Waals surface area contributed by atoms with E-state index in [1.165, 1.54) is 21.7 Å². The Labute approximate surface area is 305 Å². The van der Waals surface area contributed by atoms with Crippen LogP contribution in [-0.4, -0.2) is 0 Å². The average molecular weight is 678 g/mol. The minimum absolute atomic E-state index is 0.845. The summed E-state index contributed by atoms with van der Waals surface area (Å²) in [7, 11) is 0. The first kappa shape index (κ1) is 29.6. The lowest BCUT2D eigenvalue weighted by atomic mass is 9.95. The Morgan fingerprint density at radius 1 is 0.340 bits per heavy atom. The molecule has 0 radical (unpaired) electrons. The zero-order valence-corrected chi connectivity index (χ0v) is 28.7. The van der Waals surface area contributed by atoms with Crippen LogP contribution in [-0.2, 0) is 0 Å². The molecule has 0 N–H and O–H groups in total. The summed E-state index contributed by atoms with van der Waals surface area (Å²) in [5.74, 6) is 0. The van der Waals surface area contributed by atoms with E-state index < -0.39 is 0 Å². The molecule has 0 amide bonds. The van der Waals surface area contributed by atoms with Crippen molar-refractivity contribution < 1.29 is 8.83 Å². The molecule has 0 saturated heterocycles. The molecule has 2 aromatic heterocycles. The summed E-state index contributed by atoms with van der Waals surface area (Å²) in [6.07, 6.45) is 0. The van der Waals surface area contributed by atoms with Crippen molar-refractivity contribution in [2.24, 2.45) is 0 Å². The Morgan fingerprint density at radius 2 is 0.962 bits per heavy atom. The summed E-state index contributed by atoms with van der Waals surface area (Å²) >= 11 is 0. The van der Waals surface area contributed by atoms with Crippen molar-refractivity contribution in [1.82, 2.24) is 0 Å². The SMILES string of the molecule is c1cc(-c2cccc3ccccc23)cc(N(c2ccccc2-c2cccc3oc4cc5ccccc5cc4c23)c2cccc3c2oc2ccccc23)c1. The Kier molecular flexibility index (Phi) is 6.55. The molecular weight excluding hydrogens is 647 g/mol. The van der Waals surface area contributed by atoms with Gasteiger partial charge in [0.05, 0.1) is 11.4 Å². The van der Waals surface area contributed by atoms with Crippen LogP contribution in [0.5, 0.6) is 0 Å². The molecule has 0 unspecified atom stereocenters. The van der Waals surface area contributed by atoms with Crippen molar-refractivity contribution in [2.75, 3.05) is 4.90 Å². The monoisotopic (exact) mass is 677 g/mol. The molecule has 53 heavy (non-hydrogen) atoms. The fourth-order valence-corrected chi connectivity index (χ4v) is 8.24. The molecule has 0 aliphatic carbocycles. The molecular formula is C50H31NO2. The molecule has 0 bridgehead atoms. The number of fused-ring (bicyclic) bond motifs is 8. The van der Waals surface area contributed by atoms with Gasteiger partial charge < -0.3 is 13.7 Å². The lowest BCUT2D eigenvalue weighted by Gasteiger charge is -2.28. The molecule has 248 valence electrons. The van der Waals surface area contributed by atoms with Gasteiger partial charge in [-0.25, -0.2) is 0 Å². The average Bonchev–Trinajstić information content (AvgIpc) is 3.79. The molecule has 11 aromatic rings. The number of benzene rings is 9. The maximum absolute atomic E-state index is 6.73. The maximum atomic E-state index is 6.73. The molecule has 2 heterocycles. The lowest BCUT2D eigenvalue weighted by Crippen LogP contribution is -2.11. The standard InChI is InChI=1S/C50H31NO2/c1-2-15-34-31-48-43(30-33(34)14-1)49-41(23-12-28-47(49)52-48)39-20-5-7-25-44(39)51(45-26-11-24-42-40-21-6-8-27-46(40)53-50(42)45)36-18-9-17-35(29-36)38-22-10-16-32-13-3-4-19-37(32)38/h1-31H. The van der Waals surface area contributed by atoms with Crippen LogP contribution < -0.4 is 4.90 Å². The van der Waals surface area contributed by atoms with E-state index in [1.807, 2.05) is 12.1 Å². The van der Waals surface area contributed by atoms with Gasteiger partial charge in [0.1, 0.15) is 16.7 Å². The predicted molar refractivity (Wildman–Crippen MR) is 222 cm³/mol. The molecule has 3 heteroatoms.